The standard InChI is InChI=1S/C42H38Cl2F3N3O5.ClH/c1-29-24-32(25-38(44)41(29)55-39-16-15-37(26-48-39)54-28-31-2-7-33(8-3-31)42(45,46)47)6-17-40(51)50-20-18-49(19-21-50)27-30-4-11-35(12-5-30)52-22-23-53-36-13-9-34(43)10-14-36;/h2-17,24-26H,18-23,27-28H2,1H3;1H/b17-6+;. The van der Waals surface area contributed by atoms with Crippen molar-refractivity contribution in [1.29, 1.82) is 0 Å². The van der Waals surface area contributed by atoms with Crippen LogP contribution in [0.2, 0.25) is 10.0 Å². The van der Waals surface area contributed by atoms with Gasteiger partial charge in [-0.2, -0.15) is 13.2 Å². The molecule has 4 aromatic carbocycles. The molecule has 0 atom stereocenters. The molecule has 1 aromatic heterocycles. The number of ether oxygens (including phenoxy) is 4. The molecule has 0 radical (unpaired) electrons. The minimum atomic E-state index is -4.39. The third-order valence-corrected chi connectivity index (χ3v) is 9.25. The Kier molecular flexibility index (Phi) is 14.9. The van der Waals surface area contributed by atoms with Crippen molar-refractivity contribution in [3.05, 3.63) is 147 Å². The van der Waals surface area contributed by atoms with Crippen LogP contribution in [-0.4, -0.2) is 60.1 Å². The maximum Gasteiger partial charge on any atom is 0.416 e. The summed E-state index contributed by atoms with van der Waals surface area (Å²) in [5.41, 5.74) is 2.54. The largest absolute Gasteiger partial charge is 0.490 e. The lowest BCUT2D eigenvalue weighted by molar-refractivity contribution is -0.137. The molecule has 0 saturated carbocycles. The molecule has 0 unspecified atom stereocenters. The fourth-order valence-corrected chi connectivity index (χ4v) is 6.19. The zero-order chi connectivity index (χ0) is 38.8. The molecule has 0 bridgehead atoms. The van der Waals surface area contributed by atoms with Crippen molar-refractivity contribution in [2.24, 2.45) is 0 Å². The Bertz CT molecular complexity index is 2040. The number of aryl methyl sites for hydroxylation is 1. The van der Waals surface area contributed by atoms with Crippen molar-refractivity contribution < 1.29 is 36.9 Å². The Balaban J connectivity index is 0.00000600. The number of hydrogen-bond acceptors (Lipinski definition) is 7. The number of benzene rings is 4. The minimum absolute atomic E-state index is 0. The van der Waals surface area contributed by atoms with E-state index in [2.05, 4.69) is 22.0 Å². The van der Waals surface area contributed by atoms with Gasteiger partial charge in [0, 0.05) is 49.9 Å². The van der Waals surface area contributed by atoms with Crippen LogP contribution in [-0.2, 0) is 24.1 Å². The normalized spacial score (nSPS) is 13.3. The van der Waals surface area contributed by atoms with Crippen LogP contribution in [0.15, 0.2) is 109 Å². The Morgan fingerprint density at radius 1 is 0.786 bits per heavy atom. The molecule has 0 N–H and O–H groups in total. The summed E-state index contributed by atoms with van der Waals surface area (Å²) in [6, 6.07) is 26.9. The van der Waals surface area contributed by atoms with Crippen LogP contribution < -0.4 is 18.9 Å². The molecule has 6 rings (SSSR count). The van der Waals surface area contributed by atoms with Gasteiger partial charge >= 0.3 is 6.18 Å². The number of aromatic nitrogens is 1. The zero-order valence-corrected chi connectivity index (χ0v) is 32.6. The molecule has 14 heteroatoms. The van der Waals surface area contributed by atoms with Crippen molar-refractivity contribution in [2.75, 3.05) is 39.4 Å². The van der Waals surface area contributed by atoms with E-state index < -0.39 is 11.7 Å². The first-order chi connectivity index (χ1) is 26.5. The zero-order valence-electron chi connectivity index (χ0n) is 30.3. The van der Waals surface area contributed by atoms with Gasteiger partial charge in [-0.05, 0) is 102 Å². The van der Waals surface area contributed by atoms with E-state index in [0.29, 0.717) is 53.4 Å². The topological polar surface area (TPSA) is 73.4 Å². The average molecular weight is 829 g/mol. The predicted molar refractivity (Wildman–Crippen MR) is 213 cm³/mol. The second-order valence-electron chi connectivity index (χ2n) is 12.8. The first kappa shape index (κ1) is 42.2. The summed E-state index contributed by atoms with van der Waals surface area (Å²) in [6.45, 7) is 6.32. The Morgan fingerprint density at radius 3 is 1.98 bits per heavy atom. The first-order valence-corrected chi connectivity index (χ1v) is 18.3. The number of hydrogen-bond donors (Lipinski definition) is 0. The molecule has 0 aliphatic carbocycles. The SMILES string of the molecule is Cc1cc(/C=C/C(=O)N2CCN(Cc3ccc(OCCOc4ccc(Cl)cc4)cc3)CC2)cc(Cl)c1Oc1ccc(OCc2ccc(C(F)(F)F)cc2)cn1.Cl. The van der Waals surface area contributed by atoms with Crippen molar-refractivity contribution in [3.63, 3.8) is 0 Å². The number of rotatable bonds is 14. The van der Waals surface area contributed by atoms with Crippen molar-refractivity contribution in [2.45, 2.75) is 26.3 Å². The van der Waals surface area contributed by atoms with E-state index in [1.165, 1.54) is 23.9 Å². The van der Waals surface area contributed by atoms with Gasteiger partial charge < -0.3 is 23.8 Å². The van der Waals surface area contributed by atoms with Gasteiger partial charge in [-0.3, -0.25) is 9.69 Å². The summed E-state index contributed by atoms with van der Waals surface area (Å²) in [7, 11) is 0. The molecule has 56 heavy (non-hydrogen) atoms. The number of pyridine rings is 1. The van der Waals surface area contributed by atoms with Crippen molar-refractivity contribution in [1.82, 2.24) is 14.8 Å². The van der Waals surface area contributed by atoms with Crippen molar-refractivity contribution in [3.8, 4) is 28.9 Å². The lowest BCUT2D eigenvalue weighted by atomic mass is 10.1. The van der Waals surface area contributed by atoms with E-state index >= 15 is 0 Å². The molecular weight excluding hydrogens is 790 g/mol. The third kappa shape index (κ3) is 12.3. The highest BCUT2D eigenvalue weighted by Gasteiger charge is 2.30. The van der Waals surface area contributed by atoms with Gasteiger partial charge in [0.15, 0.2) is 5.75 Å². The van der Waals surface area contributed by atoms with Crippen LogP contribution >= 0.6 is 35.6 Å². The van der Waals surface area contributed by atoms with E-state index in [0.717, 1.165) is 54.4 Å². The van der Waals surface area contributed by atoms with Crippen LogP contribution in [0.1, 0.15) is 27.8 Å². The molecule has 1 amide bonds. The van der Waals surface area contributed by atoms with Crippen LogP contribution in [0.5, 0.6) is 28.9 Å². The van der Waals surface area contributed by atoms with Crippen LogP contribution in [0.25, 0.3) is 6.08 Å². The molecule has 1 saturated heterocycles. The maximum atomic E-state index is 13.0. The van der Waals surface area contributed by atoms with E-state index in [4.69, 9.17) is 42.1 Å². The molecule has 5 aromatic rings. The van der Waals surface area contributed by atoms with Gasteiger partial charge in [0.05, 0.1) is 16.8 Å². The lowest BCUT2D eigenvalue weighted by Gasteiger charge is -2.34. The number of nitrogens with zero attached hydrogens (tertiary/aromatic N) is 3. The maximum absolute atomic E-state index is 13.0. The Morgan fingerprint density at radius 2 is 1.39 bits per heavy atom. The van der Waals surface area contributed by atoms with E-state index in [1.54, 1.807) is 42.5 Å². The summed E-state index contributed by atoms with van der Waals surface area (Å²) in [6.07, 6.45) is 0.374. The van der Waals surface area contributed by atoms with Crippen molar-refractivity contribution >= 4 is 47.6 Å². The summed E-state index contributed by atoms with van der Waals surface area (Å²) in [5, 5.41) is 1.02. The summed E-state index contributed by atoms with van der Waals surface area (Å²) in [4.78, 5) is 21.5. The lowest BCUT2D eigenvalue weighted by Crippen LogP contribution is -2.47. The van der Waals surface area contributed by atoms with Crippen LogP contribution in [0.3, 0.4) is 0 Å². The molecule has 2 heterocycles. The van der Waals surface area contributed by atoms with Gasteiger partial charge in [0.2, 0.25) is 11.8 Å². The molecule has 1 aliphatic heterocycles. The molecule has 294 valence electrons. The highest BCUT2D eigenvalue weighted by molar-refractivity contribution is 6.32. The smallest absolute Gasteiger partial charge is 0.416 e. The fraction of sp³-hybridized carbons (Fsp3) is 0.238. The summed E-state index contributed by atoms with van der Waals surface area (Å²) < 4.78 is 61.5. The van der Waals surface area contributed by atoms with Crippen LogP contribution in [0, 0.1) is 6.92 Å². The molecule has 1 aliphatic rings. The molecular formula is C42H39Cl3F3N3O5. The third-order valence-electron chi connectivity index (χ3n) is 8.72. The second kappa shape index (κ2) is 19.8. The monoisotopic (exact) mass is 827 g/mol. The van der Waals surface area contributed by atoms with Gasteiger partial charge in [-0.25, -0.2) is 4.98 Å². The summed E-state index contributed by atoms with van der Waals surface area (Å²) in [5.74, 6) is 2.58. The average Bonchev–Trinajstić information content (AvgIpc) is 3.18. The second-order valence-corrected chi connectivity index (χ2v) is 13.6. The van der Waals surface area contributed by atoms with Gasteiger partial charge in [-0.15, -0.1) is 12.4 Å². The molecule has 1 fully saturated rings. The van der Waals surface area contributed by atoms with E-state index in [9.17, 15) is 18.0 Å². The number of alkyl halides is 3. The molecule has 8 nitrogen and oxygen atoms in total. The highest BCUT2D eigenvalue weighted by atomic mass is 35.5. The number of carbonyl (C=O) groups is 1. The number of carbonyl (C=O) groups excluding carboxylic acids is 1. The molecule has 0 spiro atoms. The number of piperazine rings is 1. The Labute approximate surface area is 339 Å². The highest BCUT2D eigenvalue weighted by Crippen LogP contribution is 2.34. The quantitative estimate of drug-likeness (QED) is 0.0815. The predicted octanol–water partition coefficient (Wildman–Crippen LogP) is 10.3. The number of amides is 1. The van der Waals surface area contributed by atoms with Crippen LogP contribution in [0.4, 0.5) is 13.2 Å². The van der Waals surface area contributed by atoms with Gasteiger partial charge in [-0.1, -0.05) is 47.5 Å². The number of halogens is 6. The fourth-order valence-electron chi connectivity index (χ4n) is 5.76. The summed E-state index contributed by atoms with van der Waals surface area (Å²) >= 11 is 12.5. The minimum Gasteiger partial charge on any atom is -0.490 e. The van der Waals surface area contributed by atoms with Gasteiger partial charge in [0.1, 0.15) is 37.1 Å². The first-order valence-electron chi connectivity index (χ1n) is 17.5. The van der Waals surface area contributed by atoms with E-state index in [1.807, 2.05) is 42.2 Å². The van der Waals surface area contributed by atoms with Gasteiger partial charge in [0.25, 0.3) is 0 Å². The Hall–Kier alpha value is -4.94. The van der Waals surface area contributed by atoms with E-state index in [-0.39, 0.29) is 30.8 Å².